The summed E-state index contributed by atoms with van der Waals surface area (Å²) in [5, 5.41) is 0. The molecule has 0 aromatic carbocycles. The van der Waals surface area contributed by atoms with Crippen molar-refractivity contribution in [3.8, 4) is 0 Å². The zero-order valence-corrected chi connectivity index (χ0v) is 8.00. The van der Waals surface area contributed by atoms with E-state index < -0.39 is 4.70 Å². The quantitative estimate of drug-likeness (QED) is 0.476. The van der Waals surface area contributed by atoms with E-state index in [1.807, 2.05) is 0 Å². The van der Waals surface area contributed by atoms with E-state index in [4.69, 9.17) is 4.79 Å². The maximum absolute atomic E-state index is 8.98. The summed E-state index contributed by atoms with van der Waals surface area (Å²) in [4.78, 5) is 8.98. The van der Waals surface area contributed by atoms with E-state index in [0.717, 1.165) is 0 Å². The van der Waals surface area contributed by atoms with Crippen molar-refractivity contribution in [2.75, 3.05) is 0 Å². The van der Waals surface area contributed by atoms with Crippen LogP contribution in [0.2, 0.25) is 0 Å². The minimum absolute atomic E-state index is 0.889. The molecule has 0 atom stereocenters. The number of carbonyl (C=O) groups excluding carboxylic acids is 1. The molecular formula is C7H14Cl2O. The first-order valence-corrected chi connectivity index (χ1v) is 4.25. The molecular weight excluding hydrogens is 171 g/mol. The van der Waals surface area contributed by atoms with Crippen molar-refractivity contribution in [1.82, 2.24) is 0 Å². The molecule has 0 aliphatic heterocycles. The minimum Gasteiger partial charge on any atom is -0.262 e. The van der Waals surface area contributed by atoms with Gasteiger partial charge in [0.2, 0.25) is 0 Å². The monoisotopic (exact) mass is 184 g/mol. The Bertz CT molecular complexity index is 66.0. The number of halogens is 2. The van der Waals surface area contributed by atoms with Gasteiger partial charge in [0.15, 0.2) is 0 Å². The molecule has 0 unspecified atom stereocenters. The Labute approximate surface area is 72.7 Å². The standard InChI is InChI=1S/C6H14.CCl2O/c1-3-5-6-4-2;2-1(3)4/h3-6H2,1-2H3;. The predicted molar refractivity (Wildman–Crippen MR) is 46.9 cm³/mol. The first kappa shape index (κ1) is 12.9. The van der Waals surface area contributed by atoms with Gasteiger partial charge in [-0.25, -0.2) is 0 Å². The van der Waals surface area contributed by atoms with Gasteiger partial charge in [-0.1, -0.05) is 39.5 Å². The average molecular weight is 185 g/mol. The maximum Gasteiger partial charge on any atom is 0.313 e. The van der Waals surface area contributed by atoms with Crippen molar-refractivity contribution in [2.45, 2.75) is 39.5 Å². The summed E-state index contributed by atoms with van der Waals surface area (Å²) in [6.07, 6.45) is 5.54. The van der Waals surface area contributed by atoms with Crippen LogP contribution in [0.5, 0.6) is 0 Å². The van der Waals surface area contributed by atoms with Gasteiger partial charge in [-0.3, -0.25) is 4.79 Å². The number of rotatable bonds is 3. The van der Waals surface area contributed by atoms with Gasteiger partial charge in [0.1, 0.15) is 0 Å². The van der Waals surface area contributed by atoms with Crippen LogP contribution in [-0.4, -0.2) is 4.70 Å². The largest absolute Gasteiger partial charge is 0.313 e. The highest BCUT2D eigenvalue weighted by Crippen LogP contribution is 1.95. The molecule has 0 bridgehead atoms. The first-order chi connectivity index (χ1) is 4.65. The molecule has 0 radical (unpaired) electrons. The normalized spacial score (nSPS) is 8.00. The minimum atomic E-state index is -0.889. The zero-order valence-electron chi connectivity index (χ0n) is 6.49. The molecule has 0 spiro atoms. The predicted octanol–water partition coefficient (Wildman–Crippen LogP) is 4.17. The lowest BCUT2D eigenvalue weighted by Crippen LogP contribution is -1.66. The molecule has 0 aliphatic rings. The van der Waals surface area contributed by atoms with Crippen molar-refractivity contribution in [3.05, 3.63) is 0 Å². The van der Waals surface area contributed by atoms with Crippen LogP contribution in [0.3, 0.4) is 0 Å². The van der Waals surface area contributed by atoms with Gasteiger partial charge in [-0.05, 0) is 23.2 Å². The van der Waals surface area contributed by atoms with Crippen LogP contribution in [-0.2, 0) is 0 Å². The van der Waals surface area contributed by atoms with Gasteiger partial charge in [-0.2, -0.15) is 0 Å². The van der Waals surface area contributed by atoms with Gasteiger partial charge in [0, 0.05) is 0 Å². The molecule has 0 aromatic rings. The van der Waals surface area contributed by atoms with E-state index in [1.165, 1.54) is 25.7 Å². The van der Waals surface area contributed by atoms with Gasteiger partial charge in [0.25, 0.3) is 0 Å². The van der Waals surface area contributed by atoms with E-state index in [0.29, 0.717) is 0 Å². The fourth-order valence-electron chi connectivity index (χ4n) is 0.500. The Hall–Kier alpha value is 0.250. The molecule has 3 heteroatoms. The van der Waals surface area contributed by atoms with E-state index in [2.05, 4.69) is 37.0 Å². The fourth-order valence-corrected chi connectivity index (χ4v) is 0.500. The van der Waals surface area contributed by atoms with Crippen LogP contribution in [0.25, 0.3) is 0 Å². The van der Waals surface area contributed by atoms with Crippen LogP contribution < -0.4 is 0 Å². The first-order valence-electron chi connectivity index (χ1n) is 3.50. The van der Waals surface area contributed by atoms with E-state index in [1.54, 1.807) is 0 Å². The van der Waals surface area contributed by atoms with Gasteiger partial charge in [0.05, 0.1) is 0 Å². The molecule has 0 saturated heterocycles. The second kappa shape index (κ2) is 12.0. The maximum atomic E-state index is 8.98. The van der Waals surface area contributed by atoms with Crippen molar-refractivity contribution in [2.24, 2.45) is 0 Å². The van der Waals surface area contributed by atoms with Crippen molar-refractivity contribution >= 4 is 27.9 Å². The lowest BCUT2D eigenvalue weighted by molar-refractivity contribution is 0.275. The average Bonchev–Trinajstić information content (AvgIpc) is 1.82. The Balaban J connectivity index is 0. The topological polar surface area (TPSA) is 17.1 Å². The summed E-state index contributed by atoms with van der Waals surface area (Å²) in [6, 6.07) is 0. The highest BCUT2D eigenvalue weighted by molar-refractivity contribution is 6.93. The summed E-state index contributed by atoms with van der Waals surface area (Å²) in [5.41, 5.74) is 0. The van der Waals surface area contributed by atoms with Crippen LogP contribution in [0.4, 0.5) is 4.79 Å². The summed E-state index contributed by atoms with van der Waals surface area (Å²) in [6.45, 7) is 4.46. The van der Waals surface area contributed by atoms with Gasteiger partial charge >= 0.3 is 4.70 Å². The molecule has 0 amide bonds. The highest BCUT2D eigenvalue weighted by Gasteiger charge is 1.75. The van der Waals surface area contributed by atoms with Crippen LogP contribution in [0.1, 0.15) is 39.5 Å². The van der Waals surface area contributed by atoms with Gasteiger partial charge < -0.3 is 0 Å². The number of hydrogen-bond donors (Lipinski definition) is 0. The lowest BCUT2D eigenvalue weighted by Gasteiger charge is -1.86. The molecule has 62 valence electrons. The molecule has 0 saturated carbocycles. The molecule has 0 aromatic heterocycles. The summed E-state index contributed by atoms with van der Waals surface area (Å²) >= 11 is 8.80. The van der Waals surface area contributed by atoms with Crippen molar-refractivity contribution < 1.29 is 4.79 Å². The Morgan fingerprint density at radius 3 is 1.40 bits per heavy atom. The second-order valence-corrected chi connectivity index (χ2v) is 2.81. The Morgan fingerprint density at radius 1 is 1.10 bits per heavy atom. The number of hydrogen-bond acceptors (Lipinski definition) is 1. The third kappa shape index (κ3) is 41.1. The van der Waals surface area contributed by atoms with Crippen LogP contribution in [0, 0.1) is 0 Å². The molecule has 0 N–H and O–H groups in total. The molecule has 0 aliphatic carbocycles. The number of unbranched alkanes of at least 4 members (excludes halogenated alkanes) is 3. The Morgan fingerprint density at radius 2 is 1.30 bits per heavy atom. The van der Waals surface area contributed by atoms with Crippen LogP contribution >= 0.6 is 23.2 Å². The molecule has 1 nitrogen and oxygen atoms in total. The molecule has 0 fully saturated rings. The highest BCUT2D eigenvalue weighted by atomic mass is 35.5. The lowest BCUT2D eigenvalue weighted by atomic mass is 10.2. The Kier molecular flexibility index (Phi) is 15.4. The zero-order chi connectivity index (χ0) is 8.41. The third-order valence-electron chi connectivity index (χ3n) is 0.957. The van der Waals surface area contributed by atoms with E-state index in [9.17, 15) is 0 Å². The van der Waals surface area contributed by atoms with E-state index in [-0.39, 0.29) is 0 Å². The SMILES string of the molecule is CCCCCC.O=C(Cl)Cl. The summed E-state index contributed by atoms with van der Waals surface area (Å²) < 4.78 is -0.889. The van der Waals surface area contributed by atoms with E-state index >= 15 is 0 Å². The van der Waals surface area contributed by atoms with Crippen LogP contribution in [0.15, 0.2) is 0 Å². The summed E-state index contributed by atoms with van der Waals surface area (Å²) in [7, 11) is 0. The van der Waals surface area contributed by atoms with Gasteiger partial charge in [-0.15, -0.1) is 0 Å². The third-order valence-corrected chi connectivity index (χ3v) is 0.957. The smallest absolute Gasteiger partial charge is 0.262 e. The molecule has 10 heavy (non-hydrogen) atoms. The van der Waals surface area contributed by atoms with Crippen molar-refractivity contribution in [3.63, 3.8) is 0 Å². The molecule has 0 heterocycles. The fraction of sp³-hybridized carbons (Fsp3) is 0.857. The number of carbonyl (C=O) groups is 1. The summed E-state index contributed by atoms with van der Waals surface area (Å²) in [5.74, 6) is 0. The van der Waals surface area contributed by atoms with Crippen molar-refractivity contribution in [1.29, 1.82) is 0 Å². The second-order valence-electron chi connectivity index (χ2n) is 1.93. The molecule has 0 rings (SSSR count).